The maximum absolute atomic E-state index is 12.9. The fourth-order valence-electron chi connectivity index (χ4n) is 4.10. The number of phenolic OH excluding ortho intramolecular Hbond substituents is 1. The van der Waals surface area contributed by atoms with Gasteiger partial charge in [-0.1, -0.05) is 18.2 Å². The van der Waals surface area contributed by atoms with Crippen LogP contribution in [0.3, 0.4) is 0 Å². The molecule has 2 aromatic carbocycles. The summed E-state index contributed by atoms with van der Waals surface area (Å²) in [6, 6.07) is 13.4. The number of benzene rings is 2. The molecule has 1 fully saturated rings. The van der Waals surface area contributed by atoms with Gasteiger partial charge in [0.05, 0.1) is 11.6 Å². The first-order valence-corrected chi connectivity index (χ1v) is 9.54. The molecule has 2 heterocycles. The van der Waals surface area contributed by atoms with Crippen LogP contribution in [0.4, 0.5) is 0 Å². The first-order valence-electron chi connectivity index (χ1n) is 9.54. The number of likely N-dealkylation sites (tertiary alicyclic amines) is 1. The van der Waals surface area contributed by atoms with Crippen LogP contribution in [0, 0.1) is 19.8 Å². The summed E-state index contributed by atoms with van der Waals surface area (Å²) in [4.78, 5) is 19.0. The van der Waals surface area contributed by atoms with Gasteiger partial charge in [-0.3, -0.25) is 9.78 Å². The van der Waals surface area contributed by atoms with Crippen LogP contribution in [-0.2, 0) is 6.42 Å². The Morgan fingerprint density at radius 1 is 1.14 bits per heavy atom. The molecule has 2 N–H and O–H groups in total. The highest BCUT2D eigenvalue weighted by molar-refractivity contribution is 5.95. The van der Waals surface area contributed by atoms with E-state index >= 15 is 0 Å². The number of hydrogen-bond acceptors (Lipinski definition) is 4. The van der Waals surface area contributed by atoms with Gasteiger partial charge >= 0.3 is 0 Å². The third-order valence-corrected chi connectivity index (χ3v) is 5.65. The lowest BCUT2D eigenvalue weighted by atomic mass is 9.94. The minimum Gasteiger partial charge on any atom is -0.507 e. The molecule has 28 heavy (non-hydrogen) atoms. The van der Waals surface area contributed by atoms with E-state index in [9.17, 15) is 15.0 Å². The van der Waals surface area contributed by atoms with Gasteiger partial charge in [0.1, 0.15) is 5.75 Å². The molecule has 0 bridgehead atoms. The van der Waals surface area contributed by atoms with Gasteiger partial charge in [0.25, 0.3) is 5.91 Å². The number of rotatable bonds is 3. The van der Waals surface area contributed by atoms with Crippen LogP contribution >= 0.6 is 0 Å². The predicted octanol–water partition coefficient (Wildman–Crippen LogP) is 3.23. The predicted molar refractivity (Wildman–Crippen MR) is 108 cm³/mol. The van der Waals surface area contributed by atoms with Crippen molar-refractivity contribution in [3.63, 3.8) is 0 Å². The monoisotopic (exact) mass is 376 g/mol. The lowest BCUT2D eigenvalue weighted by Crippen LogP contribution is -2.29. The summed E-state index contributed by atoms with van der Waals surface area (Å²) in [5.74, 6) is 0.0989. The van der Waals surface area contributed by atoms with Crippen molar-refractivity contribution in [2.24, 2.45) is 5.92 Å². The molecule has 0 aliphatic carbocycles. The Bertz CT molecular complexity index is 1020. The van der Waals surface area contributed by atoms with Gasteiger partial charge in [-0.05, 0) is 61.2 Å². The number of pyridine rings is 1. The largest absolute Gasteiger partial charge is 0.507 e. The summed E-state index contributed by atoms with van der Waals surface area (Å²) in [6.45, 7) is 4.41. The van der Waals surface area contributed by atoms with Gasteiger partial charge < -0.3 is 15.1 Å². The zero-order valence-electron chi connectivity index (χ0n) is 16.1. The number of hydrogen-bond donors (Lipinski definition) is 2. The molecule has 1 saturated heterocycles. The van der Waals surface area contributed by atoms with Crippen LogP contribution in [0.25, 0.3) is 10.9 Å². The molecule has 144 valence electrons. The normalized spacial score (nSPS) is 19.3. The van der Waals surface area contributed by atoms with E-state index in [2.05, 4.69) is 4.98 Å². The van der Waals surface area contributed by atoms with Crippen molar-refractivity contribution in [3.8, 4) is 5.75 Å². The Balaban J connectivity index is 1.54. The zero-order chi connectivity index (χ0) is 19.8. The zero-order valence-corrected chi connectivity index (χ0v) is 16.1. The lowest BCUT2D eigenvalue weighted by molar-refractivity contribution is 0.0764. The molecule has 5 heteroatoms. The second-order valence-electron chi connectivity index (χ2n) is 7.69. The number of para-hydroxylation sites is 1. The van der Waals surface area contributed by atoms with E-state index in [1.54, 1.807) is 37.1 Å². The number of aryl methyl sites for hydroxylation is 2. The molecule has 0 spiro atoms. The van der Waals surface area contributed by atoms with Crippen molar-refractivity contribution < 1.29 is 15.0 Å². The van der Waals surface area contributed by atoms with Crippen LogP contribution in [0.5, 0.6) is 5.75 Å². The number of aliphatic hydroxyl groups is 1. The third-order valence-electron chi connectivity index (χ3n) is 5.65. The van der Waals surface area contributed by atoms with E-state index in [4.69, 9.17) is 0 Å². The number of phenols is 1. The number of aliphatic hydroxyl groups excluding tert-OH is 1. The number of carbonyl (C=O) groups excluding carboxylic acids is 1. The molecule has 1 aliphatic rings. The van der Waals surface area contributed by atoms with Gasteiger partial charge in [-0.2, -0.15) is 0 Å². The molecule has 1 aliphatic heterocycles. The topological polar surface area (TPSA) is 73.7 Å². The van der Waals surface area contributed by atoms with Crippen molar-refractivity contribution in [1.29, 1.82) is 0 Å². The van der Waals surface area contributed by atoms with E-state index in [1.807, 2.05) is 30.3 Å². The number of aromatic hydroxyl groups is 1. The molecule has 1 aromatic heterocycles. The Morgan fingerprint density at radius 2 is 1.86 bits per heavy atom. The SMILES string of the molecule is Cc1cc(C(=O)N2C[C@@H](Cc3ccnc4ccccc34)[C@H](O)C2)cc(C)c1O. The second kappa shape index (κ2) is 7.24. The van der Waals surface area contributed by atoms with Crippen molar-refractivity contribution in [3.05, 3.63) is 70.9 Å². The summed E-state index contributed by atoms with van der Waals surface area (Å²) in [6.07, 6.45) is 1.93. The number of β-amino-alcohol motifs (C(OH)–C–C–N with tert-alkyl or cyclic N) is 1. The molecule has 2 atom stereocenters. The second-order valence-corrected chi connectivity index (χ2v) is 7.69. The quantitative estimate of drug-likeness (QED) is 0.736. The fourth-order valence-corrected chi connectivity index (χ4v) is 4.10. The minimum atomic E-state index is -0.560. The lowest BCUT2D eigenvalue weighted by Gasteiger charge is -2.18. The first kappa shape index (κ1) is 18.4. The summed E-state index contributed by atoms with van der Waals surface area (Å²) in [7, 11) is 0. The molecule has 0 radical (unpaired) electrons. The highest BCUT2D eigenvalue weighted by atomic mass is 16.3. The smallest absolute Gasteiger partial charge is 0.253 e. The van der Waals surface area contributed by atoms with E-state index in [1.165, 1.54) is 0 Å². The minimum absolute atomic E-state index is 0.0194. The third kappa shape index (κ3) is 3.34. The Labute approximate surface area is 164 Å². The first-order chi connectivity index (χ1) is 13.4. The number of fused-ring (bicyclic) bond motifs is 1. The number of amides is 1. The summed E-state index contributed by atoms with van der Waals surface area (Å²) >= 11 is 0. The van der Waals surface area contributed by atoms with Crippen LogP contribution in [0.15, 0.2) is 48.7 Å². The van der Waals surface area contributed by atoms with E-state index in [0.717, 1.165) is 16.5 Å². The Kier molecular flexibility index (Phi) is 4.77. The van der Waals surface area contributed by atoms with E-state index in [0.29, 0.717) is 36.2 Å². The maximum atomic E-state index is 12.9. The van der Waals surface area contributed by atoms with Gasteiger partial charge in [0.15, 0.2) is 0 Å². The van der Waals surface area contributed by atoms with E-state index < -0.39 is 6.10 Å². The highest BCUT2D eigenvalue weighted by Crippen LogP contribution is 2.28. The van der Waals surface area contributed by atoms with Crippen molar-refractivity contribution >= 4 is 16.8 Å². The summed E-state index contributed by atoms with van der Waals surface area (Å²) < 4.78 is 0. The van der Waals surface area contributed by atoms with Crippen molar-refractivity contribution in [2.75, 3.05) is 13.1 Å². The molecule has 4 rings (SSSR count). The molecule has 0 unspecified atom stereocenters. The molecule has 1 amide bonds. The molecular formula is C23H24N2O3. The maximum Gasteiger partial charge on any atom is 0.253 e. The van der Waals surface area contributed by atoms with Crippen LogP contribution in [0.1, 0.15) is 27.0 Å². The number of carbonyl (C=O) groups is 1. The van der Waals surface area contributed by atoms with Crippen LogP contribution in [-0.4, -0.2) is 45.2 Å². The number of nitrogens with zero attached hydrogens (tertiary/aromatic N) is 2. The summed E-state index contributed by atoms with van der Waals surface area (Å²) in [5, 5.41) is 21.6. The summed E-state index contributed by atoms with van der Waals surface area (Å²) in [5.41, 5.74) is 4.00. The fraction of sp³-hybridized carbons (Fsp3) is 0.304. The van der Waals surface area contributed by atoms with Crippen LogP contribution in [0.2, 0.25) is 0 Å². The highest BCUT2D eigenvalue weighted by Gasteiger charge is 2.34. The van der Waals surface area contributed by atoms with Gasteiger partial charge in [-0.15, -0.1) is 0 Å². The molecular weight excluding hydrogens is 352 g/mol. The average molecular weight is 376 g/mol. The van der Waals surface area contributed by atoms with Crippen LogP contribution < -0.4 is 0 Å². The number of aromatic nitrogens is 1. The van der Waals surface area contributed by atoms with Gasteiger partial charge in [0, 0.05) is 36.2 Å². The van der Waals surface area contributed by atoms with E-state index in [-0.39, 0.29) is 17.6 Å². The average Bonchev–Trinajstić information content (AvgIpc) is 3.06. The Hall–Kier alpha value is -2.92. The van der Waals surface area contributed by atoms with Gasteiger partial charge in [0.2, 0.25) is 0 Å². The molecule has 3 aromatic rings. The van der Waals surface area contributed by atoms with Crippen molar-refractivity contribution in [2.45, 2.75) is 26.4 Å². The standard InChI is InChI=1S/C23H24N2O3/c1-14-9-17(10-15(2)22(14)27)23(28)25-12-18(21(26)13-25)11-16-7-8-24-20-6-4-3-5-19(16)20/h3-10,18,21,26-27H,11-13H2,1-2H3/t18-,21-/m1/s1. The molecule has 5 nitrogen and oxygen atoms in total. The Morgan fingerprint density at radius 3 is 2.61 bits per heavy atom. The molecule has 0 saturated carbocycles. The van der Waals surface area contributed by atoms with Gasteiger partial charge in [-0.25, -0.2) is 0 Å². The van der Waals surface area contributed by atoms with Crippen molar-refractivity contribution in [1.82, 2.24) is 9.88 Å².